The zero-order chi connectivity index (χ0) is 13.7. The van der Waals surface area contributed by atoms with Gasteiger partial charge in [0.1, 0.15) is 0 Å². The molecule has 1 aromatic rings. The van der Waals surface area contributed by atoms with Crippen LogP contribution >= 0.6 is 12.4 Å². The first kappa shape index (κ1) is 17.0. The highest BCUT2D eigenvalue weighted by Gasteiger charge is 2.22. The highest BCUT2D eigenvalue weighted by molar-refractivity contribution is 5.85. The van der Waals surface area contributed by atoms with Gasteiger partial charge >= 0.3 is 0 Å². The first-order valence-corrected chi connectivity index (χ1v) is 6.64. The number of nitrogens with zero attached hydrogens (tertiary/aromatic N) is 1. The standard InChI is InChI=1S/C14H21FN2O2.ClH/c1-19-14-3-2-11(10-13(14)18)12(4-5-15)17-8-6-16-7-9-17;/h2-3,10,12,16,18H,4-9H2,1H3;1H/t12-;/m0./s1. The molecule has 114 valence electrons. The second-order valence-corrected chi connectivity index (χ2v) is 4.71. The van der Waals surface area contributed by atoms with Crippen LogP contribution in [0.3, 0.4) is 0 Å². The molecule has 20 heavy (non-hydrogen) atoms. The van der Waals surface area contributed by atoms with Crippen molar-refractivity contribution in [2.75, 3.05) is 40.0 Å². The summed E-state index contributed by atoms with van der Waals surface area (Å²) >= 11 is 0. The van der Waals surface area contributed by atoms with E-state index in [-0.39, 0.29) is 30.9 Å². The van der Waals surface area contributed by atoms with Crippen LogP contribution in [-0.4, -0.2) is 50.0 Å². The Hall–Kier alpha value is -1.04. The van der Waals surface area contributed by atoms with Crippen LogP contribution in [0, 0.1) is 0 Å². The van der Waals surface area contributed by atoms with Crippen LogP contribution in [0.1, 0.15) is 18.0 Å². The zero-order valence-electron chi connectivity index (χ0n) is 11.6. The lowest BCUT2D eigenvalue weighted by Crippen LogP contribution is -2.45. The molecular formula is C14H22ClFN2O2. The van der Waals surface area contributed by atoms with Crippen molar-refractivity contribution in [3.63, 3.8) is 0 Å². The maximum atomic E-state index is 12.8. The van der Waals surface area contributed by atoms with Crippen molar-refractivity contribution in [2.24, 2.45) is 0 Å². The Morgan fingerprint density at radius 1 is 1.40 bits per heavy atom. The lowest BCUT2D eigenvalue weighted by molar-refractivity contribution is 0.157. The second kappa shape index (κ2) is 8.29. The van der Waals surface area contributed by atoms with Gasteiger partial charge in [0.25, 0.3) is 0 Å². The predicted octanol–water partition coefficient (Wildman–Crippen LogP) is 2.13. The van der Waals surface area contributed by atoms with Crippen LogP contribution in [0.4, 0.5) is 4.39 Å². The summed E-state index contributed by atoms with van der Waals surface area (Å²) in [5, 5.41) is 13.1. The van der Waals surface area contributed by atoms with Gasteiger partial charge in [0.15, 0.2) is 11.5 Å². The van der Waals surface area contributed by atoms with Crippen molar-refractivity contribution in [2.45, 2.75) is 12.5 Å². The molecule has 0 amide bonds. The number of aromatic hydroxyl groups is 1. The number of piperazine rings is 1. The normalized spacial score (nSPS) is 17.3. The fourth-order valence-electron chi connectivity index (χ4n) is 2.57. The van der Waals surface area contributed by atoms with Gasteiger partial charge in [-0.1, -0.05) is 6.07 Å². The van der Waals surface area contributed by atoms with Crippen LogP contribution < -0.4 is 10.1 Å². The van der Waals surface area contributed by atoms with Crippen LogP contribution in [0.25, 0.3) is 0 Å². The van der Waals surface area contributed by atoms with Crippen LogP contribution in [0.5, 0.6) is 11.5 Å². The summed E-state index contributed by atoms with van der Waals surface area (Å²) in [6, 6.07) is 5.34. The van der Waals surface area contributed by atoms with E-state index in [9.17, 15) is 9.50 Å². The van der Waals surface area contributed by atoms with Crippen molar-refractivity contribution in [1.29, 1.82) is 0 Å². The van der Waals surface area contributed by atoms with Gasteiger partial charge in [-0.05, 0) is 24.1 Å². The van der Waals surface area contributed by atoms with Crippen molar-refractivity contribution in [3.8, 4) is 11.5 Å². The van der Waals surface area contributed by atoms with E-state index in [1.165, 1.54) is 7.11 Å². The zero-order valence-corrected chi connectivity index (χ0v) is 12.5. The third kappa shape index (κ3) is 3.98. The number of phenolic OH excluding ortho intramolecular Hbond substituents is 1. The lowest BCUT2D eigenvalue weighted by atomic mass is 10.0. The van der Waals surface area contributed by atoms with E-state index < -0.39 is 0 Å². The monoisotopic (exact) mass is 304 g/mol. The van der Waals surface area contributed by atoms with E-state index in [0.29, 0.717) is 12.2 Å². The summed E-state index contributed by atoms with van der Waals surface area (Å²) in [6.45, 7) is 3.28. The van der Waals surface area contributed by atoms with E-state index >= 15 is 0 Å². The van der Waals surface area contributed by atoms with Gasteiger partial charge in [0.05, 0.1) is 13.8 Å². The largest absolute Gasteiger partial charge is 0.504 e. The van der Waals surface area contributed by atoms with E-state index in [1.54, 1.807) is 12.1 Å². The number of phenols is 1. The van der Waals surface area contributed by atoms with Gasteiger partial charge in [-0.25, -0.2) is 0 Å². The number of hydrogen-bond acceptors (Lipinski definition) is 4. The van der Waals surface area contributed by atoms with Gasteiger partial charge < -0.3 is 15.2 Å². The number of hydrogen-bond donors (Lipinski definition) is 2. The molecule has 0 unspecified atom stereocenters. The second-order valence-electron chi connectivity index (χ2n) is 4.71. The molecule has 0 saturated carbocycles. The minimum absolute atomic E-state index is 0. The summed E-state index contributed by atoms with van der Waals surface area (Å²) in [5.41, 5.74) is 0.942. The quantitative estimate of drug-likeness (QED) is 0.875. The van der Waals surface area contributed by atoms with Gasteiger partial charge in [-0.2, -0.15) is 0 Å². The van der Waals surface area contributed by atoms with Crippen molar-refractivity contribution in [1.82, 2.24) is 10.2 Å². The molecule has 0 aliphatic carbocycles. The number of halogens is 2. The Kier molecular flexibility index (Phi) is 7.05. The smallest absolute Gasteiger partial charge is 0.160 e. The van der Waals surface area contributed by atoms with E-state index in [0.717, 1.165) is 31.7 Å². The van der Waals surface area contributed by atoms with E-state index in [2.05, 4.69) is 10.2 Å². The molecule has 1 fully saturated rings. The summed E-state index contributed by atoms with van der Waals surface area (Å²) < 4.78 is 17.8. The molecular weight excluding hydrogens is 283 g/mol. The Bertz CT molecular complexity index is 414. The fraction of sp³-hybridized carbons (Fsp3) is 0.571. The van der Waals surface area contributed by atoms with Crippen molar-refractivity contribution in [3.05, 3.63) is 23.8 Å². The van der Waals surface area contributed by atoms with E-state index in [1.807, 2.05) is 6.07 Å². The van der Waals surface area contributed by atoms with Crippen LogP contribution in [0.15, 0.2) is 18.2 Å². The molecule has 2 rings (SSSR count). The first-order chi connectivity index (χ1) is 9.26. The van der Waals surface area contributed by atoms with Gasteiger partial charge in [0, 0.05) is 32.2 Å². The Morgan fingerprint density at radius 3 is 2.65 bits per heavy atom. The number of alkyl halides is 1. The SMILES string of the molecule is COc1ccc([C@H](CCF)N2CCNCC2)cc1O.Cl. The molecule has 1 aliphatic rings. The summed E-state index contributed by atoms with van der Waals surface area (Å²) in [5.74, 6) is 0.557. The third-order valence-electron chi connectivity index (χ3n) is 3.56. The molecule has 6 heteroatoms. The number of benzene rings is 1. The number of methoxy groups -OCH3 is 1. The molecule has 0 aromatic heterocycles. The minimum atomic E-state index is -0.360. The molecule has 1 heterocycles. The molecule has 1 aliphatic heterocycles. The molecule has 1 atom stereocenters. The minimum Gasteiger partial charge on any atom is -0.504 e. The third-order valence-corrected chi connectivity index (χ3v) is 3.56. The lowest BCUT2D eigenvalue weighted by Gasteiger charge is -2.35. The highest BCUT2D eigenvalue weighted by atomic mass is 35.5. The summed E-state index contributed by atoms with van der Waals surface area (Å²) in [4.78, 5) is 2.26. The Labute approximate surface area is 125 Å². The Morgan fingerprint density at radius 2 is 2.10 bits per heavy atom. The maximum absolute atomic E-state index is 12.8. The number of rotatable bonds is 5. The first-order valence-electron chi connectivity index (χ1n) is 6.64. The van der Waals surface area contributed by atoms with Crippen LogP contribution in [0.2, 0.25) is 0 Å². The van der Waals surface area contributed by atoms with Crippen LogP contribution in [-0.2, 0) is 0 Å². The van der Waals surface area contributed by atoms with Gasteiger partial charge in [-0.15, -0.1) is 12.4 Å². The molecule has 2 N–H and O–H groups in total. The molecule has 4 nitrogen and oxygen atoms in total. The van der Waals surface area contributed by atoms with E-state index in [4.69, 9.17) is 4.74 Å². The molecule has 0 spiro atoms. The predicted molar refractivity (Wildman–Crippen MR) is 79.7 cm³/mol. The fourth-order valence-corrected chi connectivity index (χ4v) is 2.57. The molecule has 1 saturated heterocycles. The molecule has 1 aromatic carbocycles. The average Bonchev–Trinajstić information content (AvgIpc) is 2.45. The van der Waals surface area contributed by atoms with Gasteiger partial charge in [-0.3, -0.25) is 9.29 Å². The van der Waals surface area contributed by atoms with Gasteiger partial charge in [0.2, 0.25) is 0 Å². The number of nitrogens with one attached hydrogen (secondary N) is 1. The van der Waals surface area contributed by atoms with Crippen molar-refractivity contribution >= 4 is 12.4 Å². The molecule has 0 radical (unpaired) electrons. The van der Waals surface area contributed by atoms with Crippen molar-refractivity contribution < 1.29 is 14.2 Å². The topological polar surface area (TPSA) is 44.7 Å². The summed E-state index contributed by atoms with van der Waals surface area (Å²) in [7, 11) is 1.52. The Balaban J connectivity index is 0.00000200. The molecule has 0 bridgehead atoms. The average molecular weight is 305 g/mol. The number of ether oxygens (including phenoxy) is 1. The highest BCUT2D eigenvalue weighted by Crippen LogP contribution is 2.32. The summed E-state index contributed by atoms with van der Waals surface area (Å²) in [6.07, 6.45) is 0.450. The maximum Gasteiger partial charge on any atom is 0.160 e.